The van der Waals surface area contributed by atoms with Crippen molar-refractivity contribution in [3.63, 3.8) is 0 Å². The van der Waals surface area contributed by atoms with Crippen LogP contribution in [0.4, 0.5) is 0 Å². The molecule has 0 aliphatic rings. The van der Waals surface area contributed by atoms with Crippen LogP contribution in [-0.2, 0) is 0 Å². The highest BCUT2D eigenvalue weighted by Gasteiger charge is 2.03. The molecule has 0 atom stereocenters. The number of rotatable bonds is 1. The fourth-order valence-electron chi connectivity index (χ4n) is 1.77. The van der Waals surface area contributed by atoms with Crippen LogP contribution < -0.4 is 0 Å². The highest BCUT2D eigenvalue weighted by molar-refractivity contribution is 7.17. The van der Waals surface area contributed by atoms with Crippen molar-refractivity contribution in [1.29, 1.82) is 0 Å². The van der Waals surface area contributed by atoms with Crippen LogP contribution in [0.15, 0.2) is 53.9 Å². The van der Waals surface area contributed by atoms with E-state index in [0.29, 0.717) is 0 Å². The predicted molar refractivity (Wildman–Crippen MR) is 66.1 cm³/mol. The van der Waals surface area contributed by atoms with Crippen LogP contribution in [-0.4, -0.2) is 0 Å². The summed E-state index contributed by atoms with van der Waals surface area (Å²) in [6.45, 7) is 0. The first kappa shape index (κ1) is 8.69. The fourth-order valence-corrected chi connectivity index (χ4v) is 2.67. The molecule has 0 aliphatic carbocycles. The molecule has 1 radical (unpaired) electrons. The lowest BCUT2D eigenvalue weighted by Crippen LogP contribution is -1.76. The molecule has 3 rings (SSSR count). The largest absolute Gasteiger partial charge is 0.143 e. The molecule has 0 fully saturated rings. The Balaban J connectivity index is 2.31. The molecule has 0 aliphatic heterocycles. The molecule has 71 valence electrons. The van der Waals surface area contributed by atoms with Crippen molar-refractivity contribution in [3.05, 3.63) is 60.0 Å². The van der Waals surface area contributed by atoms with E-state index in [1.165, 1.54) is 21.2 Å². The maximum atomic E-state index is 3.25. The van der Waals surface area contributed by atoms with Gasteiger partial charge in [-0.05, 0) is 28.6 Å². The lowest BCUT2D eigenvalue weighted by Gasteiger charge is -2.02. The summed E-state index contributed by atoms with van der Waals surface area (Å²) in [5.41, 5.74) is 2.58. The SMILES string of the molecule is [c]1ccc(-c2ccccc2)c2sccc12. The van der Waals surface area contributed by atoms with Gasteiger partial charge in [-0.1, -0.05) is 42.5 Å². The Morgan fingerprint density at radius 2 is 1.80 bits per heavy atom. The first-order chi connectivity index (χ1) is 7.45. The Hall–Kier alpha value is -1.60. The Kier molecular flexibility index (Phi) is 2.04. The van der Waals surface area contributed by atoms with E-state index in [1.54, 1.807) is 11.3 Å². The molecule has 0 bridgehead atoms. The zero-order valence-corrected chi connectivity index (χ0v) is 8.92. The Morgan fingerprint density at radius 3 is 2.67 bits per heavy atom. The summed E-state index contributed by atoms with van der Waals surface area (Å²) >= 11 is 1.78. The maximum Gasteiger partial charge on any atom is 0.0427 e. The molecule has 15 heavy (non-hydrogen) atoms. The number of benzene rings is 2. The van der Waals surface area contributed by atoms with Crippen LogP contribution in [0.3, 0.4) is 0 Å². The standard InChI is InChI=1S/C14H9S/c1-2-5-11(6-3-1)13-8-4-7-12-9-10-15-14(12)13/h1-6,8-10H. The summed E-state index contributed by atoms with van der Waals surface area (Å²) in [6, 6.07) is 20.0. The molecule has 0 N–H and O–H groups in total. The van der Waals surface area contributed by atoms with Crippen molar-refractivity contribution < 1.29 is 0 Å². The third-order valence-electron chi connectivity index (χ3n) is 2.48. The second-order valence-electron chi connectivity index (χ2n) is 3.42. The summed E-state index contributed by atoms with van der Waals surface area (Å²) in [5, 5.41) is 3.33. The number of hydrogen-bond acceptors (Lipinski definition) is 1. The molecule has 2 aromatic carbocycles. The quantitative estimate of drug-likeness (QED) is 0.558. The maximum absolute atomic E-state index is 3.25. The predicted octanol–water partition coefficient (Wildman–Crippen LogP) is 4.37. The van der Waals surface area contributed by atoms with Crippen LogP contribution in [0, 0.1) is 6.07 Å². The first-order valence-electron chi connectivity index (χ1n) is 4.88. The number of fused-ring (bicyclic) bond motifs is 1. The normalized spacial score (nSPS) is 10.7. The Labute approximate surface area is 92.8 Å². The average molecular weight is 209 g/mol. The van der Waals surface area contributed by atoms with Crippen LogP contribution in [0.25, 0.3) is 21.2 Å². The monoisotopic (exact) mass is 209 g/mol. The van der Waals surface area contributed by atoms with E-state index in [-0.39, 0.29) is 0 Å². The van der Waals surface area contributed by atoms with Gasteiger partial charge in [0, 0.05) is 10.1 Å². The topological polar surface area (TPSA) is 0 Å². The number of thiophene rings is 1. The van der Waals surface area contributed by atoms with Gasteiger partial charge in [0.05, 0.1) is 0 Å². The van der Waals surface area contributed by atoms with E-state index in [1.807, 2.05) is 12.1 Å². The van der Waals surface area contributed by atoms with E-state index in [9.17, 15) is 0 Å². The van der Waals surface area contributed by atoms with Crippen molar-refractivity contribution in [3.8, 4) is 11.1 Å². The lowest BCUT2D eigenvalue weighted by molar-refractivity contribution is 1.67. The van der Waals surface area contributed by atoms with Gasteiger partial charge in [-0.3, -0.25) is 0 Å². The molecule has 1 aromatic heterocycles. The minimum Gasteiger partial charge on any atom is -0.143 e. The van der Waals surface area contributed by atoms with Crippen molar-refractivity contribution >= 4 is 21.4 Å². The van der Waals surface area contributed by atoms with E-state index in [4.69, 9.17) is 0 Å². The van der Waals surface area contributed by atoms with Gasteiger partial charge in [-0.2, -0.15) is 0 Å². The van der Waals surface area contributed by atoms with Gasteiger partial charge in [-0.15, -0.1) is 11.3 Å². The molecule has 0 nitrogen and oxygen atoms in total. The third-order valence-corrected chi connectivity index (χ3v) is 3.43. The van der Waals surface area contributed by atoms with Gasteiger partial charge in [0.1, 0.15) is 0 Å². The fraction of sp³-hybridized carbons (Fsp3) is 0. The zero-order valence-electron chi connectivity index (χ0n) is 8.10. The third kappa shape index (κ3) is 1.45. The van der Waals surface area contributed by atoms with Crippen molar-refractivity contribution in [1.82, 2.24) is 0 Å². The van der Waals surface area contributed by atoms with Crippen LogP contribution in [0.1, 0.15) is 0 Å². The molecular weight excluding hydrogens is 200 g/mol. The summed E-state index contributed by atoms with van der Waals surface area (Å²) in [6.07, 6.45) is 0. The molecule has 1 heteroatoms. The Morgan fingerprint density at radius 1 is 0.933 bits per heavy atom. The summed E-state index contributed by atoms with van der Waals surface area (Å²) in [4.78, 5) is 0. The Bertz CT molecular complexity index is 578. The summed E-state index contributed by atoms with van der Waals surface area (Å²) < 4.78 is 1.32. The van der Waals surface area contributed by atoms with Gasteiger partial charge in [0.2, 0.25) is 0 Å². The molecule has 0 spiro atoms. The second kappa shape index (κ2) is 3.52. The molecule has 0 amide bonds. The zero-order chi connectivity index (χ0) is 10.1. The van der Waals surface area contributed by atoms with E-state index in [2.05, 4.69) is 47.8 Å². The van der Waals surface area contributed by atoms with Crippen molar-refractivity contribution in [2.24, 2.45) is 0 Å². The van der Waals surface area contributed by atoms with Crippen molar-refractivity contribution in [2.75, 3.05) is 0 Å². The lowest BCUT2D eigenvalue weighted by atomic mass is 10.0. The number of hydrogen-bond donors (Lipinski definition) is 0. The van der Waals surface area contributed by atoms with Gasteiger partial charge >= 0.3 is 0 Å². The minimum absolute atomic E-state index is 1.21. The van der Waals surface area contributed by atoms with E-state index in [0.717, 1.165) is 0 Å². The summed E-state index contributed by atoms with van der Waals surface area (Å²) in [5.74, 6) is 0. The molecule has 0 saturated carbocycles. The second-order valence-corrected chi connectivity index (χ2v) is 4.34. The van der Waals surface area contributed by atoms with Gasteiger partial charge in [0.15, 0.2) is 0 Å². The summed E-state index contributed by atoms with van der Waals surface area (Å²) in [7, 11) is 0. The van der Waals surface area contributed by atoms with Crippen LogP contribution in [0.2, 0.25) is 0 Å². The van der Waals surface area contributed by atoms with Gasteiger partial charge in [-0.25, -0.2) is 0 Å². The van der Waals surface area contributed by atoms with E-state index < -0.39 is 0 Å². The highest BCUT2D eigenvalue weighted by atomic mass is 32.1. The smallest absolute Gasteiger partial charge is 0.0427 e. The molecule has 0 unspecified atom stereocenters. The van der Waals surface area contributed by atoms with Gasteiger partial charge < -0.3 is 0 Å². The van der Waals surface area contributed by atoms with Crippen LogP contribution >= 0.6 is 11.3 Å². The molecular formula is C14H9S. The minimum atomic E-state index is 1.21. The molecule has 0 saturated heterocycles. The highest BCUT2D eigenvalue weighted by Crippen LogP contribution is 2.31. The average Bonchev–Trinajstić information content (AvgIpc) is 2.78. The van der Waals surface area contributed by atoms with Crippen LogP contribution in [0.5, 0.6) is 0 Å². The van der Waals surface area contributed by atoms with Gasteiger partial charge in [0.25, 0.3) is 0 Å². The first-order valence-corrected chi connectivity index (χ1v) is 5.76. The molecule has 3 aromatic rings. The van der Waals surface area contributed by atoms with E-state index >= 15 is 0 Å². The van der Waals surface area contributed by atoms with Crippen molar-refractivity contribution in [2.45, 2.75) is 0 Å². The molecule has 1 heterocycles.